The second-order valence-electron chi connectivity index (χ2n) is 7.42. The number of H-pyrrole nitrogens is 1. The number of likely N-dealkylation sites (tertiary alicyclic amines) is 1. The summed E-state index contributed by atoms with van der Waals surface area (Å²) in [5.74, 6) is 2.02. The number of nitrogens with one attached hydrogen (secondary N) is 2. The minimum atomic E-state index is -0.320. The number of carbonyl (C=O) groups is 1. The molecule has 136 valence electrons. The Morgan fingerprint density at radius 2 is 2.12 bits per heavy atom. The molecule has 2 N–H and O–H groups in total. The number of rotatable bonds is 4. The van der Waals surface area contributed by atoms with E-state index >= 15 is 0 Å². The SMILES string of the molecule is CC(C)(C)C(=O)N1CCC(c2n[nH]c(NCc3ccc(Cl)s3)n2)CC1. The Kier molecular flexibility index (Phi) is 5.34. The van der Waals surface area contributed by atoms with E-state index in [0.29, 0.717) is 18.4 Å². The van der Waals surface area contributed by atoms with Crippen molar-refractivity contribution in [2.24, 2.45) is 5.41 Å². The molecule has 0 radical (unpaired) electrons. The lowest BCUT2D eigenvalue weighted by Gasteiger charge is -2.34. The maximum Gasteiger partial charge on any atom is 0.227 e. The molecule has 1 aliphatic heterocycles. The van der Waals surface area contributed by atoms with Gasteiger partial charge < -0.3 is 10.2 Å². The van der Waals surface area contributed by atoms with Gasteiger partial charge in [-0.3, -0.25) is 4.79 Å². The van der Waals surface area contributed by atoms with Crippen LogP contribution in [0.25, 0.3) is 0 Å². The highest BCUT2D eigenvalue weighted by Crippen LogP contribution is 2.29. The number of amides is 1. The van der Waals surface area contributed by atoms with Gasteiger partial charge >= 0.3 is 0 Å². The number of aromatic amines is 1. The Morgan fingerprint density at radius 3 is 2.72 bits per heavy atom. The Morgan fingerprint density at radius 1 is 1.40 bits per heavy atom. The molecule has 0 saturated carbocycles. The monoisotopic (exact) mass is 381 g/mol. The second kappa shape index (κ2) is 7.33. The molecule has 25 heavy (non-hydrogen) atoms. The molecule has 1 saturated heterocycles. The fourth-order valence-corrected chi connectivity index (χ4v) is 4.00. The quantitative estimate of drug-likeness (QED) is 0.842. The van der Waals surface area contributed by atoms with E-state index in [2.05, 4.69) is 20.5 Å². The Balaban J connectivity index is 1.52. The number of hydrogen-bond acceptors (Lipinski definition) is 5. The molecule has 3 heterocycles. The molecule has 2 aromatic rings. The Labute approximate surface area is 157 Å². The van der Waals surface area contributed by atoms with E-state index in [1.54, 1.807) is 11.3 Å². The van der Waals surface area contributed by atoms with Crippen LogP contribution in [0.5, 0.6) is 0 Å². The first kappa shape index (κ1) is 18.2. The van der Waals surface area contributed by atoms with Crippen molar-refractivity contribution >= 4 is 34.8 Å². The largest absolute Gasteiger partial charge is 0.350 e. The van der Waals surface area contributed by atoms with Crippen LogP contribution in [-0.4, -0.2) is 39.1 Å². The van der Waals surface area contributed by atoms with E-state index in [9.17, 15) is 4.79 Å². The van der Waals surface area contributed by atoms with Gasteiger partial charge in [0, 0.05) is 29.3 Å². The van der Waals surface area contributed by atoms with Gasteiger partial charge in [-0.15, -0.1) is 11.3 Å². The normalized spacial score (nSPS) is 16.2. The summed E-state index contributed by atoms with van der Waals surface area (Å²) < 4.78 is 0.784. The first-order valence-corrected chi connectivity index (χ1v) is 9.72. The lowest BCUT2D eigenvalue weighted by atomic mass is 9.91. The lowest BCUT2D eigenvalue weighted by molar-refractivity contribution is -0.140. The standard InChI is InChI=1S/C17H24ClN5OS/c1-17(2,3)15(24)23-8-6-11(7-9-23)14-20-16(22-21-14)19-10-12-4-5-13(18)25-12/h4-5,11H,6-10H2,1-3H3,(H2,19,20,21,22). The molecule has 0 spiro atoms. The zero-order valence-corrected chi connectivity index (χ0v) is 16.4. The Bertz CT molecular complexity index is 727. The van der Waals surface area contributed by atoms with Crippen LogP contribution in [0.1, 0.15) is 50.2 Å². The minimum absolute atomic E-state index is 0.220. The second-order valence-corrected chi connectivity index (χ2v) is 9.22. The van der Waals surface area contributed by atoms with Crippen LogP contribution in [-0.2, 0) is 11.3 Å². The average molecular weight is 382 g/mol. The maximum atomic E-state index is 12.4. The van der Waals surface area contributed by atoms with Crippen molar-refractivity contribution in [1.29, 1.82) is 0 Å². The summed E-state index contributed by atoms with van der Waals surface area (Å²) in [7, 11) is 0. The third-order valence-electron chi connectivity index (χ3n) is 4.35. The highest BCUT2D eigenvalue weighted by Gasteiger charge is 2.31. The molecule has 8 heteroatoms. The van der Waals surface area contributed by atoms with Gasteiger partial charge in [-0.05, 0) is 25.0 Å². The molecule has 6 nitrogen and oxygen atoms in total. The van der Waals surface area contributed by atoms with E-state index < -0.39 is 0 Å². The fourth-order valence-electron chi connectivity index (χ4n) is 2.97. The van der Waals surface area contributed by atoms with Gasteiger partial charge in [0.2, 0.25) is 11.9 Å². The van der Waals surface area contributed by atoms with Crippen molar-refractivity contribution in [3.8, 4) is 0 Å². The average Bonchev–Trinajstić information content (AvgIpc) is 3.20. The van der Waals surface area contributed by atoms with Gasteiger partial charge in [0.15, 0.2) is 5.82 Å². The number of piperidine rings is 1. The molecular formula is C17H24ClN5OS. The highest BCUT2D eigenvalue weighted by molar-refractivity contribution is 7.16. The molecule has 1 aliphatic rings. The summed E-state index contributed by atoms with van der Waals surface area (Å²) in [6, 6.07) is 3.89. The molecule has 0 aromatic carbocycles. The first-order chi connectivity index (χ1) is 11.8. The molecular weight excluding hydrogens is 358 g/mol. The third kappa shape index (κ3) is 4.52. The van der Waals surface area contributed by atoms with Crippen LogP contribution in [0.3, 0.4) is 0 Å². The van der Waals surface area contributed by atoms with Crippen LogP contribution >= 0.6 is 22.9 Å². The number of hydrogen-bond donors (Lipinski definition) is 2. The molecule has 1 amide bonds. The molecule has 1 fully saturated rings. The van der Waals surface area contributed by atoms with Gasteiger partial charge in [-0.2, -0.15) is 10.1 Å². The molecule has 0 unspecified atom stereocenters. The highest BCUT2D eigenvalue weighted by atomic mass is 35.5. The first-order valence-electron chi connectivity index (χ1n) is 8.52. The number of anilines is 1. The molecule has 0 atom stereocenters. The van der Waals surface area contributed by atoms with Crippen LogP contribution in [0, 0.1) is 5.41 Å². The number of aromatic nitrogens is 3. The van der Waals surface area contributed by atoms with Crippen LogP contribution in [0.15, 0.2) is 12.1 Å². The van der Waals surface area contributed by atoms with Gasteiger partial charge in [0.1, 0.15) is 0 Å². The summed E-state index contributed by atoms with van der Waals surface area (Å²) in [5.41, 5.74) is -0.320. The predicted octanol–water partition coefficient (Wildman–Crippen LogP) is 3.88. The fraction of sp³-hybridized carbons (Fsp3) is 0.588. The number of nitrogens with zero attached hydrogens (tertiary/aromatic N) is 3. The van der Waals surface area contributed by atoms with Crippen molar-refractivity contribution < 1.29 is 4.79 Å². The summed E-state index contributed by atoms with van der Waals surface area (Å²) in [6.07, 6.45) is 1.80. The lowest BCUT2D eigenvalue weighted by Crippen LogP contribution is -2.43. The van der Waals surface area contributed by atoms with Gasteiger partial charge in [-0.25, -0.2) is 5.10 Å². The van der Waals surface area contributed by atoms with Crippen LogP contribution in [0.4, 0.5) is 5.95 Å². The summed E-state index contributed by atoms with van der Waals surface area (Å²) in [4.78, 5) is 20.0. The van der Waals surface area contributed by atoms with Crippen LogP contribution in [0.2, 0.25) is 4.34 Å². The smallest absolute Gasteiger partial charge is 0.227 e. The van der Waals surface area contributed by atoms with Crippen molar-refractivity contribution in [3.63, 3.8) is 0 Å². The van der Waals surface area contributed by atoms with E-state index in [0.717, 1.165) is 41.0 Å². The minimum Gasteiger partial charge on any atom is -0.350 e. The molecule has 0 bridgehead atoms. The number of thiophene rings is 1. The molecule has 2 aromatic heterocycles. The van der Waals surface area contributed by atoms with Crippen molar-refractivity contribution in [3.05, 3.63) is 27.2 Å². The Hall–Kier alpha value is -1.60. The summed E-state index contributed by atoms with van der Waals surface area (Å²) in [6.45, 7) is 8.11. The van der Waals surface area contributed by atoms with Gasteiger partial charge in [-0.1, -0.05) is 32.4 Å². The third-order valence-corrected chi connectivity index (χ3v) is 5.58. The molecule has 0 aliphatic carbocycles. The zero-order valence-electron chi connectivity index (χ0n) is 14.8. The van der Waals surface area contributed by atoms with E-state index in [-0.39, 0.29) is 11.3 Å². The van der Waals surface area contributed by atoms with Gasteiger partial charge in [0.05, 0.1) is 10.9 Å². The topological polar surface area (TPSA) is 73.9 Å². The van der Waals surface area contributed by atoms with Crippen molar-refractivity contribution in [1.82, 2.24) is 20.1 Å². The maximum absolute atomic E-state index is 12.4. The van der Waals surface area contributed by atoms with Crippen molar-refractivity contribution in [2.45, 2.75) is 46.1 Å². The number of carbonyl (C=O) groups excluding carboxylic acids is 1. The van der Waals surface area contributed by atoms with E-state index in [4.69, 9.17) is 11.6 Å². The zero-order chi connectivity index (χ0) is 18.0. The van der Waals surface area contributed by atoms with Crippen molar-refractivity contribution in [2.75, 3.05) is 18.4 Å². The van der Waals surface area contributed by atoms with E-state index in [1.165, 1.54) is 0 Å². The number of halogens is 1. The van der Waals surface area contributed by atoms with Crippen LogP contribution < -0.4 is 5.32 Å². The summed E-state index contributed by atoms with van der Waals surface area (Å²) >= 11 is 7.49. The van der Waals surface area contributed by atoms with E-state index in [1.807, 2.05) is 37.8 Å². The van der Waals surface area contributed by atoms with Gasteiger partial charge in [0.25, 0.3) is 0 Å². The predicted molar refractivity (Wildman–Crippen MR) is 101 cm³/mol. The summed E-state index contributed by atoms with van der Waals surface area (Å²) in [5, 5.41) is 10.5. The molecule has 3 rings (SSSR count).